The summed E-state index contributed by atoms with van der Waals surface area (Å²) in [6, 6.07) is 0.283. The lowest BCUT2D eigenvalue weighted by atomic mass is 10.0. The molecule has 4 nitrogen and oxygen atoms in total. The molecule has 0 saturated carbocycles. The molecule has 0 aliphatic carbocycles. The Morgan fingerprint density at radius 1 is 1.24 bits per heavy atom. The molecule has 1 N–H and O–H groups in total. The Hall–Kier alpha value is -0.610. The number of nitrogens with one attached hydrogen (secondary N) is 1. The van der Waals surface area contributed by atoms with Crippen LogP contribution in [-0.2, 0) is 4.79 Å². The molecule has 1 heterocycles. The molecular formula is C13H27N3O. The maximum absolute atomic E-state index is 11.5. The van der Waals surface area contributed by atoms with Gasteiger partial charge in [0.25, 0.3) is 0 Å². The van der Waals surface area contributed by atoms with Crippen molar-refractivity contribution in [3.8, 4) is 0 Å². The molecule has 4 heteroatoms. The van der Waals surface area contributed by atoms with Gasteiger partial charge in [0.1, 0.15) is 0 Å². The molecule has 0 spiro atoms. The van der Waals surface area contributed by atoms with Crippen LogP contribution < -0.4 is 5.32 Å². The fraction of sp³-hybridized carbons (Fsp3) is 0.923. The third-order valence-corrected chi connectivity index (χ3v) is 3.52. The quantitative estimate of drug-likeness (QED) is 0.773. The van der Waals surface area contributed by atoms with E-state index in [-0.39, 0.29) is 11.9 Å². The molecule has 1 fully saturated rings. The zero-order valence-electron chi connectivity index (χ0n) is 11.7. The third kappa shape index (κ3) is 5.04. The minimum absolute atomic E-state index is 0.165. The van der Waals surface area contributed by atoms with Crippen LogP contribution >= 0.6 is 0 Å². The van der Waals surface area contributed by atoms with E-state index >= 15 is 0 Å². The normalized spacial score (nSPS) is 20.5. The molecule has 0 radical (unpaired) electrons. The van der Waals surface area contributed by atoms with Crippen molar-refractivity contribution in [2.45, 2.75) is 33.2 Å². The van der Waals surface area contributed by atoms with Crippen molar-refractivity contribution in [3.63, 3.8) is 0 Å². The molecule has 100 valence electrons. The van der Waals surface area contributed by atoms with E-state index in [1.807, 2.05) is 6.92 Å². The highest BCUT2D eigenvalue weighted by atomic mass is 16.1. The zero-order chi connectivity index (χ0) is 12.8. The number of hydrogen-bond donors (Lipinski definition) is 1. The zero-order valence-corrected chi connectivity index (χ0v) is 11.7. The molecule has 1 aliphatic rings. The Balaban J connectivity index is 2.41. The smallest absolute Gasteiger partial charge is 0.219 e. The number of carbonyl (C=O) groups is 1. The van der Waals surface area contributed by atoms with E-state index in [9.17, 15) is 4.79 Å². The van der Waals surface area contributed by atoms with Crippen LogP contribution in [0.15, 0.2) is 0 Å². The minimum atomic E-state index is 0.165. The summed E-state index contributed by atoms with van der Waals surface area (Å²) in [4.78, 5) is 16.3. The van der Waals surface area contributed by atoms with Gasteiger partial charge in [-0.05, 0) is 13.0 Å². The van der Waals surface area contributed by atoms with Gasteiger partial charge in [0.2, 0.25) is 5.91 Å². The topological polar surface area (TPSA) is 35.6 Å². The average molecular weight is 241 g/mol. The molecular weight excluding hydrogens is 214 g/mol. The summed E-state index contributed by atoms with van der Waals surface area (Å²) in [7, 11) is 2.16. The number of amides is 1. The van der Waals surface area contributed by atoms with Crippen LogP contribution in [0.1, 0.15) is 27.2 Å². The van der Waals surface area contributed by atoms with Gasteiger partial charge in [-0.15, -0.1) is 0 Å². The molecule has 1 saturated heterocycles. The van der Waals surface area contributed by atoms with Crippen molar-refractivity contribution in [2.24, 2.45) is 5.92 Å². The fourth-order valence-corrected chi connectivity index (χ4v) is 2.04. The molecule has 1 rings (SSSR count). The Kier molecular flexibility index (Phi) is 5.92. The van der Waals surface area contributed by atoms with Crippen LogP contribution in [-0.4, -0.2) is 61.5 Å². The lowest BCUT2D eigenvalue weighted by Gasteiger charge is -2.36. The maximum Gasteiger partial charge on any atom is 0.219 e. The first-order valence-corrected chi connectivity index (χ1v) is 6.73. The molecule has 17 heavy (non-hydrogen) atoms. The van der Waals surface area contributed by atoms with E-state index < -0.39 is 0 Å². The molecule has 1 aliphatic heterocycles. The maximum atomic E-state index is 11.5. The van der Waals surface area contributed by atoms with Gasteiger partial charge in [-0.2, -0.15) is 0 Å². The first-order chi connectivity index (χ1) is 8.02. The molecule has 0 aromatic heterocycles. The highest BCUT2D eigenvalue weighted by Gasteiger charge is 2.21. The second-order valence-electron chi connectivity index (χ2n) is 5.38. The Labute approximate surface area is 105 Å². The predicted molar refractivity (Wildman–Crippen MR) is 71.0 cm³/mol. The predicted octanol–water partition coefficient (Wildman–Crippen LogP) is 0.785. The van der Waals surface area contributed by atoms with Gasteiger partial charge in [0.05, 0.1) is 0 Å². The summed E-state index contributed by atoms with van der Waals surface area (Å²) in [6.45, 7) is 11.7. The fourth-order valence-electron chi connectivity index (χ4n) is 2.04. The second-order valence-corrected chi connectivity index (χ2v) is 5.38. The third-order valence-electron chi connectivity index (χ3n) is 3.52. The molecule has 1 amide bonds. The summed E-state index contributed by atoms with van der Waals surface area (Å²) in [6.07, 6.45) is 0.575. The van der Waals surface area contributed by atoms with E-state index in [1.54, 1.807) is 0 Å². The Morgan fingerprint density at radius 2 is 1.82 bits per heavy atom. The minimum Gasteiger partial charge on any atom is -0.352 e. The highest BCUT2D eigenvalue weighted by Crippen LogP contribution is 2.07. The van der Waals surface area contributed by atoms with E-state index in [4.69, 9.17) is 0 Å². The van der Waals surface area contributed by atoms with E-state index in [0.717, 1.165) is 32.7 Å². The van der Waals surface area contributed by atoms with Gasteiger partial charge in [0, 0.05) is 45.2 Å². The molecule has 0 aromatic carbocycles. The van der Waals surface area contributed by atoms with Gasteiger partial charge >= 0.3 is 0 Å². The lowest BCUT2D eigenvalue weighted by Crippen LogP contribution is -2.52. The highest BCUT2D eigenvalue weighted by molar-refractivity contribution is 5.75. The summed E-state index contributed by atoms with van der Waals surface area (Å²) >= 11 is 0. The number of nitrogens with zero attached hydrogens (tertiary/aromatic N) is 2. The van der Waals surface area contributed by atoms with E-state index in [2.05, 4.69) is 36.0 Å². The van der Waals surface area contributed by atoms with Crippen molar-refractivity contribution in [1.29, 1.82) is 0 Å². The second kappa shape index (κ2) is 6.97. The summed E-state index contributed by atoms with van der Waals surface area (Å²) in [5, 5.41) is 3.13. The van der Waals surface area contributed by atoms with Crippen LogP contribution in [0.3, 0.4) is 0 Å². The van der Waals surface area contributed by atoms with Crippen LogP contribution in [0.2, 0.25) is 0 Å². The van der Waals surface area contributed by atoms with Gasteiger partial charge in [0.15, 0.2) is 0 Å². The van der Waals surface area contributed by atoms with Crippen LogP contribution in [0.25, 0.3) is 0 Å². The van der Waals surface area contributed by atoms with Gasteiger partial charge in [-0.25, -0.2) is 0 Å². The molecule has 0 bridgehead atoms. The van der Waals surface area contributed by atoms with Crippen LogP contribution in [0.5, 0.6) is 0 Å². The molecule has 1 atom stereocenters. The molecule has 0 aromatic rings. The molecule has 1 unspecified atom stereocenters. The standard InChI is InChI=1S/C13H27N3O/c1-5-13(17)14-12(11(2)3)10-16-8-6-15(4)7-9-16/h11-12H,5-10H2,1-4H3,(H,14,17). The Bertz CT molecular complexity index is 235. The van der Waals surface area contributed by atoms with Crippen molar-refractivity contribution in [2.75, 3.05) is 39.8 Å². The van der Waals surface area contributed by atoms with Gasteiger partial charge in [-0.3, -0.25) is 9.69 Å². The van der Waals surface area contributed by atoms with E-state index in [1.165, 1.54) is 0 Å². The monoisotopic (exact) mass is 241 g/mol. The summed E-state index contributed by atoms with van der Waals surface area (Å²) < 4.78 is 0. The van der Waals surface area contributed by atoms with E-state index in [0.29, 0.717) is 12.3 Å². The van der Waals surface area contributed by atoms with Crippen molar-refractivity contribution < 1.29 is 4.79 Å². The Morgan fingerprint density at radius 3 is 2.29 bits per heavy atom. The number of likely N-dealkylation sites (N-methyl/N-ethyl adjacent to an activating group) is 1. The average Bonchev–Trinajstić information content (AvgIpc) is 2.30. The van der Waals surface area contributed by atoms with Crippen molar-refractivity contribution in [3.05, 3.63) is 0 Å². The number of rotatable bonds is 5. The lowest BCUT2D eigenvalue weighted by molar-refractivity contribution is -0.122. The first-order valence-electron chi connectivity index (χ1n) is 6.73. The number of hydrogen-bond acceptors (Lipinski definition) is 3. The number of carbonyl (C=O) groups excluding carboxylic acids is 1. The van der Waals surface area contributed by atoms with Crippen molar-refractivity contribution >= 4 is 5.91 Å². The largest absolute Gasteiger partial charge is 0.352 e. The summed E-state index contributed by atoms with van der Waals surface area (Å²) in [5.41, 5.74) is 0. The SMILES string of the molecule is CCC(=O)NC(CN1CCN(C)CC1)C(C)C. The summed E-state index contributed by atoms with van der Waals surface area (Å²) in [5.74, 6) is 0.656. The number of piperazine rings is 1. The van der Waals surface area contributed by atoms with Crippen LogP contribution in [0, 0.1) is 5.92 Å². The first kappa shape index (κ1) is 14.5. The van der Waals surface area contributed by atoms with Crippen LogP contribution in [0.4, 0.5) is 0 Å². The van der Waals surface area contributed by atoms with Gasteiger partial charge < -0.3 is 10.2 Å². The van der Waals surface area contributed by atoms with Crippen molar-refractivity contribution in [1.82, 2.24) is 15.1 Å². The van der Waals surface area contributed by atoms with Gasteiger partial charge in [-0.1, -0.05) is 20.8 Å².